The fourth-order valence-corrected chi connectivity index (χ4v) is 2.98. The van der Waals surface area contributed by atoms with Crippen LogP contribution in [0.5, 0.6) is 5.75 Å². The minimum atomic E-state index is -2.80. The van der Waals surface area contributed by atoms with Crippen LogP contribution in [-0.2, 0) is 9.73 Å². The molecular weight excluding hydrogens is 310 g/mol. The third kappa shape index (κ3) is 3.83. The maximum Gasteiger partial charge on any atom is 0.285 e. The van der Waals surface area contributed by atoms with Gasteiger partial charge in [0.05, 0.1) is 16.8 Å². The Morgan fingerprint density at radius 1 is 1.10 bits per heavy atom. The lowest BCUT2D eigenvalue weighted by Gasteiger charge is -2.04. The Morgan fingerprint density at radius 3 is 2.19 bits per heavy atom. The summed E-state index contributed by atoms with van der Waals surface area (Å²) in [6.45, 7) is 0. The van der Waals surface area contributed by atoms with Crippen LogP contribution in [0.1, 0.15) is 10.4 Å². The topological polar surface area (TPSA) is 55.7 Å². The fourth-order valence-electron chi connectivity index (χ4n) is 1.68. The molecule has 2 aromatic carbocycles. The summed E-state index contributed by atoms with van der Waals surface area (Å²) in [7, 11) is -1.26. The van der Waals surface area contributed by atoms with Crippen molar-refractivity contribution < 1.29 is 13.7 Å². The molecule has 0 aromatic heterocycles. The van der Waals surface area contributed by atoms with Crippen molar-refractivity contribution in [2.24, 2.45) is 4.36 Å². The van der Waals surface area contributed by atoms with Crippen LogP contribution >= 0.6 is 11.6 Å². The second-order valence-corrected chi connectivity index (χ2v) is 7.08. The van der Waals surface area contributed by atoms with Gasteiger partial charge in [0.1, 0.15) is 5.75 Å². The van der Waals surface area contributed by atoms with E-state index in [-0.39, 0.29) is 0 Å². The van der Waals surface area contributed by atoms with Crippen molar-refractivity contribution in [1.82, 2.24) is 0 Å². The molecule has 21 heavy (non-hydrogen) atoms. The van der Waals surface area contributed by atoms with Crippen molar-refractivity contribution in [3.05, 3.63) is 59.1 Å². The molecule has 0 aliphatic rings. The quantitative estimate of drug-likeness (QED) is 0.866. The second-order valence-electron chi connectivity index (χ2n) is 4.38. The Bertz CT molecular complexity index is 761. The van der Waals surface area contributed by atoms with E-state index < -0.39 is 15.6 Å². The van der Waals surface area contributed by atoms with Gasteiger partial charge in [-0.2, -0.15) is 4.36 Å². The van der Waals surface area contributed by atoms with Crippen LogP contribution < -0.4 is 4.74 Å². The molecule has 4 nitrogen and oxygen atoms in total. The van der Waals surface area contributed by atoms with Gasteiger partial charge in [0.15, 0.2) is 0 Å². The number of carbonyl (C=O) groups is 1. The molecule has 1 unspecified atom stereocenters. The van der Waals surface area contributed by atoms with E-state index in [9.17, 15) is 9.00 Å². The summed E-state index contributed by atoms with van der Waals surface area (Å²) in [4.78, 5) is 12.6. The lowest BCUT2D eigenvalue weighted by molar-refractivity contribution is 0.100. The maximum atomic E-state index is 12.6. The number of ether oxygens (including phenoxy) is 1. The van der Waals surface area contributed by atoms with E-state index in [1.54, 1.807) is 55.6 Å². The zero-order valence-electron chi connectivity index (χ0n) is 11.6. The molecule has 2 aromatic rings. The predicted molar refractivity (Wildman–Crippen MR) is 83.5 cm³/mol. The summed E-state index contributed by atoms with van der Waals surface area (Å²) in [5.41, 5.74) is 0.360. The average Bonchev–Trinajstić information content (AvgIpc) is 2.47. The Morgan fingerprint density at radius 2 is 1.67 bits per heavy atom. The number of amides is 1. The summed E-state index contributed by atoms with van der Waals surface area (Å²) in [5.74, 6) is 0.113. The smallest absolute Gasteiger partial charge is 0.285 e. The molecule has 0 fully saturated rings. The van der Waals surface area contributed by atoms with Gasteiger partial charge in [0.25, 0.3) is 5.91 Å². The molecule has 0 radical (unpaired) electrons. The zero-order chi connectivity index (χ0) is 15.5. The van der Waals surface area contributed by atoms with E-state index in [1.165, 1.54) is 6.26 Å². The normalized spacial score (nSPS) is 13.3. The molecule has 0 heterocycles. The highest BCUT2D eigenvalue weighted by Crippen LogP contribution is 2.17. The van der Waals surface area contributed by atoms with Crippen molar-refractivity contribution >= 4 is 27.2 Å². The van der Waals surface area contributed by atoms with Crippen LogP contribution in [0.4, 0.5) is 0 Å². The first-order valence-corrected chi connectivity index (χ1v) is 8.38. The number of hydrogen-bond acceptors (Lipinski definition) is 3. The molecule has 110 valence electrons. The van der Waals surface area contributed by atoms with E-state index >= 15 is 0 Å². The summed E-state index contributed by atoms with van der Waals surface area (Å²) in [6, 6.07) is 12.9. The third-order valence-corrected chi connectivity index (χ3v) is 4.76. The monoisotopic (exact) mass is 323 g/mol. The van der Waals surface area contributed by atoms with Gasteiger partial charge in [0.2, 0.25) is 0 Å². The molecule has 0 aliphatic heterocycles. The highest BCUT2D eigenvalue weighted by molar-refractivity contribution is 7.93. The van der Waals surface area contributed by atoms with Gasteiger partial charge in [-0.25, -0.2) is 4.21 Å². The molecule has 0 N–H and O–H groups in total. The molecule has 0 saturated carbocycles. The van der Waals surface area contributed by atoms with Gasteiger partial charge in [-0.1, -0.05) is 11.6 Å². The predicted octanol–water partition coefficient (Wildman–Crippen LogP) is 3.65. The first-order chi connectivity index (χ1) is 9.92. The fraction of sp³-hybridized carbons (Fsp3) is 0.133. The molecule has 1 amide bonds. The average molecular weight is 324 g/mol. The molecule has 0 bridgehead atoms. The highest BCUT2D eigenvalue weighted by atomic mass is 35.5. The van der Waals surface area contributed by atoms with E-state index in [1.807, 2.05) is 0 Å². The summed E-state index contributed by atoms with van der Waals surface area (Å²) in [5, 5.41) is 0.537. The Balaban J connectivity index is 2.33. The van der Waals surface area contributed by atoms with Gasteiger partial charge in [-0.3, -0.25) is 4.79 Å². The molecule has 1 atom stereocenters. The number of carbonyl (C=O) groups excluding carboxylic acids is 1. The van der Waals surface area contributed by atoms with Crippen LogP contribution in [0.2, 0.25) is 5.02 Å². The summed E-state index contributed by atoms with van der Waals surface area (Å²) in [6.07, 6.45) is 1.43. The lowest BCUT2D eigenvalue weighted by atomic mass is 10.2. The lowest BCUT2D eigenvalue weighted by Crippen LogP contribution is -2.03. The van der Waals surface area contributed by atoms with Gasteiger partial charge >= 0.3 is 0 Å². The second kappa shape index (κ2) is 6.28. The summed E-state index contributed by atoms with van der Waals surface area (Å²) < 4.78 is 21.4. The van der Waals surface area contributed by atoms with E-state index in [0.29, 0.717) is 21.2 Å². The third-order valence-electron chi connectivity index (χ3n) is 2.85. The number of methoxy groups -OCH3 is 1. The number of hydrogen-bond donors (Lipinski definition) is 0. The van der Waals surface area contributed by atoms with E-state index in [4.69, 9.17) is 16.3 Å². The Kier molecular flexibility index (Phi) is 4.65. The number of benzene rings is 2. The molecule has 2 rings (SSSR count). The maximum absolute atomic E-state index is 12.6. The largest absolute Gasteiger partial charge is 0.497 e. The van der Waals surface area contributed by atoms with Crippen LogP contribution in [0.15, 0.2) is 57.8 Å². The minimum Gasteiger partial charge on any atom is -0.497 e. The summed E-state index contributed by atoms with van der Waals surface area (Å²) >= 11 is 5.79. The first-order valence-electron chi connectivity index (χ1n) is 6.08. The van der Waals surface area contributed by atoms with Crippen molar-refractivity contribution in [1.29, 1.82) is 0 Å². The van der Waals surface area contributed by atoms with Crippen molar-refractivity contribution in [3.8, 4) is 5.75 Å². The van der Waals surface area contributed by atoms with Crippen LogP contribution in [0.3, 0.4) is 0 Å². The SMILES string of the molecule is COc1ccc(C(=O)N=S(C)(=O)c2ccc(Cl)cc2)cc1. The minimum absolute atomic E-state index is 0.360. The van der Waals surface area contributed by atoms with E-state index in [2.05, 4.69) is 4.36 Å². The van der Waals surface area contributed by atoms with Crippen LogP contribution in [-0.4, -0.2) is 23.5 Å². The zero-order valence-corrected chi connectivity index (χ0v) is 13.1. The Labute approximate surface area is 128 Å². The Hall–Kier alpha value is -1.85. The number of halogens is 1. The van der Waals surface area contributed by atoms with Crippen molar-refractivity contribution in [2.75, 3.05) is 13.4 Å². The molecule has 6 heteroatoms. The molecular formula is C15H14ClNO3S. The van der Waals surface area contributed by atoms with Crippen molar-refractivity contribution in [3.63, 3.8) is 0 Å². The molecule has 0 aliphatic carbocycles. The standard InChI is InChI=1S/C15H14ClNO3S/c1-20-13-7-3-11(4-8-13)15(18)17-21(2,19)14-9-5-12(16)6-10-14/h3-10H,1-2H3. The molecule has 0 saturated heterocycles. The van der Waals surface area contributed by atoms with Crippen molar-refractivity contribution in [2.45, 2.75) is 4.90 Å². The number of rotatable bonds is 3. The first kappa shape index (κ1) is 15.5. The van der Waals surface area contributed by atoms with E-state index in [0.717, 1.165) is 0 Å². The van der Waals surface area contributed by atoms with Crippen LogP contribution in [0, 0.1) is 0 Å². The van der Waals surface area contributed by atoms with Gasteiger partial charge < -0.3 is 4.74 Å². The van der Waals surface area contributed by atoms with Gasteiger partial charge in [-0.05, 0) is 48.5 Å². The van der Waals surface area contributed by atoms with Crippen LogP contribution in [0.25, 0.3) is 0 Å². The molecule has 0 spiro atoms. The van der Waals surface area contributed by atoms with Gasteiger partial charge in [-0.15, -0.1) is 0 Å². The highest BCUT2D eigenvalue weighted by Gasteiger charge is 2.11. The number of nitrogens with zero attached hydrogens (tertiary/aromatic N) is 1. The van der Waals surface area contributed by atoms with Gasteiger partial charge in [0, 0.05) is 21.7 Å².